The van der Waals surface area contributed by atoms with Crippen molar-refractivity contribution in [2.24, 2.45) is 0 Å². The van der Waals surface area contributed by atoms with Crippen molar-refractivity contribution in [1.82, 2.24) is 14.3 Å². The molecule has 2 heterocycles. The number of fused-ring (bicyclic) bond motifs is 1. The van der Waals surface area contributed by atoms with E-state index in [1.807, 2.05) is 38.2 Å². The standard InChI is InChI=1S/C15H19N3O3/c1-11(2)18(9-5-7-14(19)20)15(21)12-10-17-8-4-3-6-13(17)16-12/h3-4,6,8,10-11H,5,7,9H2,1-2H3,(H,19,20). The second-order valence-corrected chi connectivity index (χ2v) is 5.18. The Labute approximate surface area is 123 Å². The first-order chi connectivity index (χ1) is 9.99. The molecule has 112 valence electrons. The van der Waals surface area contributed by atoms with Crippen molar-refractivity contribution in [3.63, 3.8) is 0 Å². The monoisotopic (exact) mass is 289 g/mol. The number of carboxylic acids is 1. The first-order valence-electron chi connectivity index (χ1n) is 6.95. The average Bonchev–Trinajstić information content (AvgIpc) is 2.86. The van der Waals surface area contributed by atoms with E-state index in [0.717, 1.165) is 5.65 Å². The van der Waals surface area contributed by atoms with Gasteiger partial charge in [0.2, 0.25) is 0 Å². The minimum absolute atomic E-state index is 0.00360. The molecule has 1 amide bonds. The summed E-state index contributed by atoms with van der Waals surface area (Å²) in [4.78, 5) is 29.1. The van der Waals surface area contributed by atoms with Crippen LogP contribution in [0.15, 0.2) is 30.6 Å². The fourth-order valence-corrected chi connectivity index (χ4v) is 2.18. The highest BCUT2D eigenvalue weighted by molar-refractivity contribution is 5.93. The first-order valence-corrected chi connectivity index (χ1v) is 6.95. The van der Waals surface area contributed by atoms with Crippen LogP contribution in [0.2, 0.25) is 0 Å². The Morgan fingerprint density at radius 1 is 1.38 bits per heavy atom. The zero-order valence-electron chi connectivity index (χ0n) is 12.2. The lowest BCUT2D eigenvalue weighted by Gasteiger charge is -2.25. The van der Waals surface area contributed by atoms with Gasteiger partial charge in [-0.1, -0.05) is 6.07 Å². The van der Waals surface area contributed by atoms with E-state index >= 15 is 0 Å². The fourth-order valence-electron chi connectivity index (χ4n) is 2.18. The number of imidazole rings is 1. The van der Waals surface area contributed by atoms with Crippen LogP contribution in [0.3, 0.4) is 0 Å². The van der Waals surface area contributed by atoms with Crippen molar-refractivity contribution >= 4 is 17.5 Å². The number of pyridine rings is 1. The minimum Gasteiger partial charge on any atom is -0.481 e. The molecule has 6 nitrogen and oxygen atoms in total. The van der Waals surface area contributed by atoms with E-state index in [4.69, 9.17) is 5.11 Å². The number of carbonyl (C=O) groups is 2. The third-order valence-electron chi connectivity index (χ3n) is 3.26. The number of hydrogen-bond acceptors (Lipinski definition) is 3. The molecule has 2 aromatic heterocycles. The van der Waals surface area contributed by atoms with Gasteiger partial charge in [-0.15, -0.1) is 0 Å². The van der Waals surface area contributed by atoms with Crippen LogP contribution in [-0.4, -0.2) is 43.9 Å². The van der Waals surface area contributed by atoms with E-state index in [2.05, 4.69) is 4.98 Å². The minimum atomic E-state index is -0.848. The molecule has 0 saturated heterocycles. The Morgan fingerprint density at radius 3 is 2.76 bits per heavy atom. The number of amides is 1. The Hall–Kier alpha value is -2.37. The third-order valence-corrected chi connectivity index (χ3v) is 3.26. The van der Waals surface area contributed by atoms with E-state index in [-0.39, 0.29) is 18.4 Å². The molecule has 0 bridgehead atoms. The van der Waals surface area contributed by atoms with Crippen LogP contribution in [0.4, 0.5) is 0 Å². The van der Waals surface area contributed by atoms with Crippen LogP contribution < -0.4 is 0 Å². The summed E-state index contributed by atoms with van der Waals surface area (Å²) in [6.45, 7) is 4.24. The van der Waals surface area contributed by atoms with Gasteiger partial charge in [-0.2, -0.15) is 0 Å². The maximum Gasteiger partial charge on any atom is 0.303 e. The molecule has 0 unspecified atom stereocenters. The quantitative estimate of drug-likeness (QED) is 0.883. The lowest BCUT2D eigenvalue weighted by Crippen LogP contribution is -2.38. The summed E-state index contributed by atoms with van der Waals surface area (Å²) in [7, 11) is 0. The molecule has 6 heteroatoms. The van der Waals surface area contributed by atoms with Crippen LogP contribution in [-0.2, 0) is 4.79 Å². The highest BCUT2D eigenvalue weighted by atomic mass is 16.4. The molecule has 0 saturated carbocycles. The molecule has 2 rings (SSSR count). The summed E-state index contributed by atoms with van der Waals surface area (Å²) >= 11 is 0. The van der Waals surface area contributed by atoms with Crippen LogP contribution in [0.1, 0.15) is 37.2 Å². The normalized spacial score (nSPS) is 11.0. The van der Waals surface area contributed by atoms with Crippen LogP contribution >= 0.6 is 0 Å². The number of carboxylic acid groups (broad SMARTS) is 1. The number of hydrogen-bond donors (Lipinski definition) is 1. The molecular weight excluding hydrogens is 270 g/mol. The van der Waals surface area contributed by atoms with Gasteiger partial charge >= 0.3 is 5.97 Å². The summed E-state index contributed by atoms with van der Waals surface area (Å²) in [5.41, 5.74) is 1.10. The predicted octanol–water partition coefficient (Wildman–Crippen LogP) is 2.05. The van der Waals surface area contributed by atoms with Gasteiger partial charge in [-0.25, -0.2) is 4.98 Å². The van der Waals surface area contributed by atoms with Crippen molar-refractivity contribution in [3.8, 4) is 0 Å². The van der Waals surface area contributed by atoms with Crippen molar-refractivity contribution in [2.45, 2.75) is 32.7 Å². The van der Waals surface area contributed by atoms with Crippen molar-refractivity contribution in [1.29, 1.82) is 0 Å². The molecule has 0 fully saturated rings. The summed E-state index contributed by atoms with van der Waals surface area (Å²) in [5.74, 6) is -1.02. The number of carbonyl (C=O) groups excluding carboxylic acids is 1. The lowest BCUT2D eigenvalue weighted by atomic mass is 10.2. The molecule has 0 spiro atoms. The topological polar surface area (TPSA) is 74.9 Å². The predicted molar refractivity (Wildman–Crippen MR) is 78.2 cm³/mol. The Bertz CT molecular complexity index is 615. The first kappa shape index (κ1) is 15.0. The maximum atomic E-state index is 12.5. The summed E-state index contributed by atoms with van der Waals surface area (Å²) in [6, 6.07) is 5.57. The second kappa shape index (κ2) is 6.39. The number of aliphatic carboxylic acids is 1. The Morgan fingerprint density at radius 2 is 2.14 bits per heavy atom. The largest absolute Gasteiger partial charge is 0.481 e. The van der Waals surface area contributed by atoms with Gasteiger partial charge in [0.05, 0.1) is 0 Å². The number of rotatable bonds is 6. The van der Waals surface area contributed by atoms with Gasteiger partial charge < -0.3 is 14.4 Å². The Balaban J connectivity index is 2.15. The van der Waals surface area contributed by atoms with Crippen LogP contribution in [0.25, 0.3) is 5.65 Å². The summed E-state index contributed by atoms with van der Waals surface area (Å²) in [5, 5.41) is 8.70. The van der Waals surface area contributed by atoms with Crippen molar-refractivity contribution < 1.29 is 14.7 Å². The molecule has 21 heavy (non-hydrogen) atoms. The average molecular weight is 289 g/mol. The van der Waals surface area contributed by atoms with Crippen LogP contribution in [0.5, 0.6) is 0 Å². The lowest BCUT2D eigenvalue weighted by molar-refractivity contribution is -0.137. The highest BCUT2D eigenvalue weighted by Crippen LogP contribution is 2.11. The van der Waals surface area contributed by atoms with Crippen molar-refractivity contribution in [3.05, 3.63) is 36.3 Å². The number of nitrogens with zero attached hydrogens (tertiary/aromatic N) is 3. The SMILES string of the molecule is CC(C)N(CCCC(=O)O)C(=O)c1cn2ccccc2n1. The van der Waals surface area contributed by atoms with Gasteiger partial charge in [0.25, 0.3) is 5.91 Å². The molecule has 0 aliphatic rings. The summed E-state index contributed by atoms with van der Waals surface area (Å²) in [6.07, 6.45) is 4.03. The van der Waals surface area contributed by atoms with E-state index in [1.54, 1.807) is 15.5 Å². The smallest absolute Gasteiger partial charge is 0.303 e. The highest BCUT2D eigenvalue weighted by Gasteiger charge is 2.21. The zero-order chi connectivity index (χ0) is 15.4. The summed E-state index contributed by atoms with van der Waals surface area (Å²) < 4.78 is 1.79. The van der Waals surface area contributed by atoms with Gasteiger partial charge in [-0.3, -0.25) is 9.59 Å². The molecule has 0 aliphatic heterocycles. The third kappa shape index (κ3) is 3.59. The van der Waals surface area contributed by atoms with Gasteiger partial charge in [-0.05, 0) is 32.4 Å². The van der Waals surface area contributed by atoms with E-state index < -0.39 is 5.97 Å². The van der Waals surface area contributed by atoms with E-state index in [9.17, 15) is 9.59 Å². The van der Waals surface area contributed by atoms with Crippen LogP contribution in [0, 0.1) is 0 Å². The second-order valence-electron chi connectivity index (χ2n) is 5.18. The van der Waals surface area contributed by atoms with Gasteiger partial charge in [0.1, 0.15) is 11.3 Å². The molecule has 1 N–H and O–H groups in total. The van der Waals surface area contributed by atoms with Crippen molar-refractivity contribution in [2.75, 3.05) is 6.54 Å². The molecule has 0 atom stereocenters. The van der Waals surface area contributed by atoms with E-state index in [0.29, 0.717) is 18.7 Å². The maximum absolute atomic E-state index is 12.5. The molecule has 0 aromatic carbocycles. The molecular formula is C15H19N3O3. The zero-order valence-corrected chi connectivity index (χ0v) is 12.2. The molecule has 0 aliphatic carbocycles. The fraction of sp³-hybridized carbons (Fsp3) is 0.400. The Kier molecular flexibility index (Phi) is 4.57. The number of aromatic nitrogens is 2. The molecule has 2 aromatic rings. The molecule has 0 radical (unpaired) electrons. The van der Waals surface area contributed by atoms with Gasteiger partial charge in [0.15, 0.2) is 0 Å². The van der Waals surface area contributed by atoms with Gasteiger partial charge in [0, 0.05) is 31.4 Å². The van der Waals surface area contributed by atoms with E-state index in [1.165, 1.54) is 0 Å².